The first-order valence-electron chi connectivity index (χ1n) is 7.94. The highest BCUT2D eigenvalue weighted by atomic mass is 16.6. The minimum Gasteiger partial charge on any atom is -0.477 e. The molecule has 0 aliphatic rings. The predicted octanol–water partition coefficient (Wildman–Crippen LogP) is 2.75. The summed E-state index contributed by atoms with van der Waals surface area (Å²) in [5.41, 5.74) is 0.626. The number of carbonyl (C=O) groups excluding carboxylic acids is 2. The molecule has 0 radical (unpaired) electrons. The van der Waals surface area contributed by atoms with Gasteiger partial charge in [0.1, 0.15) is 0 Å². The number of anilines is 1. The van der Waals surface area contributed by atoms with Gasteiger partial charge in [0, 0.05) is 23.4 Å². The fourth-order valence-corrected chi connectivity index (χ4v) is 2.15. The zero-order chi connectivity index (χ0) is 19.1. The quantitative estimate of drug-likeness (QED) is 0.585. The molecular formula is C18H19N3O5. The summed E-state index contributed by atoms with van der Waals surface area (Å²) in [6, 6.07) is 12.3. The lowest BCUT2D eigenvalue weighted by Crippen LogP contribution is -2.30. The molecule has 2 aromatic carbocycles. The Morgan fingerprint density at radius 3 is 2.58 bits per heavy atom. The molecule has 2 rings (SSSR count). The molecule has 0 aliphatic heterocycles. The lowest BCUT2D eigenvalue weighted by molar-refractivity contribution is -0.385. The summed E-state index contributed by atoms with van der Waals surface area (Å²) in [7, 11) is 0. The molecule has 0 fully saturated rings. The van der Waals surface area contributed by atoms with Crippen molar-refractivity contribution < 1.29 is 19.2 Å². The number of ether oxygens (including phenoxy) is 1. The summed E-state index contributed by atoms with van der Waals surface area (Å²) >= 11 is 0. The van der Waals surface area contributed by atoms with Crippen LogP contribution in [0.5, 0.6) is 5.75 Å². The van der Waals surface area contributed by atoms with Crippen molar-refractivity contribution in [2.75, 3.05) is 11.9 Å². The molecule has 2 amide bonds. The first-order valence-corrected chi connectivity index (χ1v) is 7.94. The van der Waals surface area contributed by atoms with Crippen molar-refractivity contribution in [1.29, 1.82) is 0 Å². The molecule has 136 valence electrons. The third-order valence-electron chi connectivity index (χ3n) is 3.25. The van der Waals surface area contributed by atoms with Crippen molar-refractivity contribution in [2.45, 2.75) is 19.9 Å². The van der Waals surface area contributed by atoms with Crippen molar-refractivity contribution >= 4 is 23.2 Å². The molecule has 0 unspecified atom stereocenters. The van der Waals surface area contributed by atoms with Gasteiger partial charge in [0.25, 0.3) is 11.8 Å². The van der Waals surface area contributed by atoms with Crippen molar-refractivity contribution in [3.63, 3.8) is 0 Å². The van der Waals surface area contributed by atoms with E-state index in [1.54, 1.807) is 30.3 Å². The summed E-state index contributed by atoms with van der Waals surface area (Å²) in [5, 5.41) is 16.3. The number of rotatable bonds is 7. The van der Waals surface area contributed by atoms with Crippen LogP contribution in [0.1, 0.15) is 24.2 Å². The minimum atomic E-state index is -0.579. The van der Waals surface area contributed by atoms with Gasteiger partial charge in [0.15, 0.2) is 12.4 Å². The number of nitro groups is 1. The third kappa shape index (κ3) is 5.30. The average Bonchev–Trinajstić information content (AvgIpc) is 2.59. The van der Waals surface area contributed by atoms with E-state index < -0.39 is 17.4 Å². The highest BCUT2D eigenvalue weighted by Crippen LogP contribution is 2.25. The Labute approximate surface area is 150 Å². The van der Waals surface area contributed by atoms with Gasteiger partial charge < -0.3 is 15.4 Å². The summed E-state index contributed by atoms with van der Waals surface area (Å²) in [5.74, 6) is -0.727. The second kappa shape index (κ2) is 8.61. The monoisotopic (exact) mass is 357 g/mol. The SMILES string of the molecule is CC(C)NC(=O)c1cccc(NC(=O)COc2ccccc2[N+](=O)[O-])c1. The lowest BCUT2D eigenvalue weighted by atomic mass is 10.2. The summed E-state index contributed by atoms with van der Waals surface area (Å²) in [6.45, 7) is 3.31. The highest BCUT2D eigenvalue weighted by molar-refractivity contribution is 5.97. The topological polar surface area (TPSA) is 111 Å². The summed E-state index contributed by atoms with van der Waals surface area (Å²) in [6.07, 6.45) is 0. The maximum absolute atomic E-state index is 12.0. The normalized spacial score (nSPS) is 10.3. The van der Waals surface area contributed by atoms with E-state index in [1.807, 2.05) is 13.8 Å². The Hall–Kier alpha value is -3.42. The van der Waals surface area contributed by atoms with Crippen LogP contribution >= 0.6 is 0 Å². The van der Waals surface area contributed by atoms with Crippen LogP contribution < -0.4 is 15.4 Å². The van der Waals surface area contributed by atoms with E-state index in [0.717, 1.165) is 0 Å². The maximum atomic E-state index is 12.0. The Balaban J connectivity index is 1.98. The van der Waals surface area contributed by atoms with E-state index in [-0.39, 0.29) is 23.4 Å². The van der Waals surface area contributed by atoms with E-state index in [4.69, 9.17) is 4.74 Å². The van der Waals surface area contributed by atoms with Crippen LogP contribution in [0.15, 0.2) is 48.5 Å². The molecule has 0 saturated carbocycles. The van der Waals surface area contributed by atoms with Gasteiger partial charge in [-0.05, 0) is 38.1 Å². The first kappa shape index (κ1) is 18.9. The number of para-hydroxylation sites is 2. The molecule has 8 nitrogen and oxygen atoms in total. The summed E-state index contributed by atoms with van der Waals surface area (Å²) < 4.78 is 5.23. The predicted molar refractivity (Wildman–Crippen MR) is 96.3 cm³/mol. The number of hydrogen-bond donors (Lipinski definition) is 2. The van der Waals surface area contributed by atoms with E-state index >= 15 is 0 Å². The van der Waals surface area contributed by atoms with Gasteiger partial charge in [-0.3, -0.25) is 19.7 Å². The van der Waals surface area contributed by atoms with Gasteiger partial charge in [-0.25, -0.2) is 0 Å². The molecule has 2 aromatic rings. The van der Waals surface area contributed by atoms with Gasteiger partial charge in [-0.15, -0.1) is 0 Å². The number of nitrogens with one attached hydrogen (secondary N) is 2. The Kier molecular flexibility index (Phi) is 6.26. The fraction of sp³-hybridized carbons (Fsp3) is 0.222. The molecule has 0 atom stereocenters. The zero-order valence-corrected chi connectivity index (χ0v) is 14.4. The van der Waals surface area contributed by atoms with Crippen LogP contribution in [0.4, 0.5) is 11.4 Å². The van der Waals surface area contributed by atoms with E-state index in [2.05, 4.69) is 10.6 Å². The summed E-state index contributed by atoms with van der Waals surface area (Å²) in [4.78, 5) is 34.4. The second-order valence-corrected chi connectivity index (χ2v) is 5.77. The van der Waals surface area contributed by atoms with Crippen LogP contribution in [0.25, 0.3) is 0 Å². The Morgan fingerprint density at radius 2 is 1.88 bits per heavy atom. The van der Waals surface area contributed by atoms with Crippen molar-refractivity contribution in [2.24, 2.45) is 0 Å². The molecule has 0 bridgehead atoms. The largest absolute Gasteiger partial charge is 0.477 e. The van der Waals surface area contributed by atoms with Crippen LogP contribution in [-0.4, -0.2) is 29.4 Å². The number of nitro benzene ring substituents is 1. The molecule has 2 N–H and O–H groups in total. The smallest absolute Gasteiger partial charge is 0.310 e. The molecule has 0 aromatic heterocycles. The molecule has 0 saturated heterocycles. The van der Waals surface area contributed by atoms with Gasteiger partial charge in [-0.1, -0.05) is 18.2 Å². The van der Waals surface area contributed by atoms with Crippen molar-refractivity contribution in [1.82, 2.24) is 5.32 Å². The number of carbonyl (C=O) groups is 2. The number of amides is 2. The van der Waals surface area contributed by atoms with E-state index in [1.165, 1.54) is 18.2 Å². The Bertz CT molecular complexity index is 820. The van der Waals surface area contributed by atoms with Gasteiger partial charge in [0.2, 0.25) is 0 Å². The van der Waals surface area contributed by atoms with Crippen molar-refractivity contribution in [3.05, 3.63) is 64.2 Å². The Morgan fingerprint density at radius 1 is 1.15 bits per heavy atom. The minimum absolute atomic E-state index is 0.00388. The van der Waals surface area contributed by atoms with E-state index in [0.29, 0.717) is 11.3 Å². The van der Waals surface area contributed by atoms with Crippen LogP contribution in [0.2, 0.25) is 0 Å². The fourth-order valence-electron chi connectivity index (χ4n) is 2.15. The number of nitrogens with zero attached hydrogens (tertiary/aromatic N) is 1. The van der Waals surface area contributed by atoms with Gasteiger partial charge in [0.05, 0.1) is 4.92 Å². The number of benzene rings is 2. The van der Waals surface area contributed by atoms with Gasteiger partial charge in [-0.2, -0.15) is 0 Å². The molecule has 0 aliphatic carbocycles. The van der Waals surface area contributed by atoms with Crippen LogP contribution in [0.3, 0.4) is 0 Å². The molecule has 26 heavy (non-hydrogen) atoms. The van der Waals surface area contributed by atoms with Crippen LogP contribution in [-0.2, 0) is 4.79 Å². The van der Waals surface area contributed by atoms with Crippen LogP contribution in [0, 0.1) is 10.1 Å². The molecular weight excluding hydrogens is 338 g/mol. The standard InChI is InChI=1S/C18H19N3O5/c1-12(2)19-18(23)13-6-5-7-14(10-13)20-17(22)11-26-16-9-4-3-8-15(16)21(24)25/h3-10,12H,11H2,1-2H3,(H,19,23)(H,20,22). The lowest BCUT2D eigenvalue weighted by Gasteiger charge is -2.11. The van der Waals surface area contributed by atoms with E-state index in [9.17, 15) is 19.7 Å². The molecule has 0 spiro atoms. The maximum Gasteiger partial charge on any atom is 0.310 e. The highest BCUT2D eigenvalue weighted by Gasteiger charge is 2.15. The molecule has 8 heteroatoms. The number of hydrogen-bond acceptors (Lipinski definition) is 5. The molecule has 0 heterocycles. The third-order valence-corrected chi connectivity index (χ3v) is 3.25. The zero-order valence-electron chi connectivity index (χ0n) is 14.4. The first-order chi connectivity index (χ1) is 12.4. The average molecular weight is 357 g/mol. The van der Waals surface area contributed by atoms with Gasteiger partial charge >= 0.3 is 5.69 Å². The second-order valence-electron chi connectivity index (χ2n) is 5.77. The van der Waals surface area contributed by atoms with Crippen molar-refractivity contribution in [3.8, 4) is 5.75 Å².